The highest BCUT2D eigenvalue weighted by atomic mass is 35.5. The lowest BCUT2D eigenvalue weighted by Crippen LogP contribution is -1.97. The van der Waals surface area contributed by atoms with Crippen LogP contribution in [-0.2, 0) is 6.61 Å². The van der Waals surface area contributed by atoms with Crippen LogP contribution in [0.2, 0.25) is 5.02 Å². The Labute approximate surface area is 106 Å². The van der Waals surface area contributed by atoms with Crippen molar-refractivity contribution in [2.75, 3.05) is 7.11 Å². The number of rotatable bonds is 4. The van der Waals surface area contributed by atoms with Crippen molar-refractivity contribution in [2.24, 2.45) is 0 Å². The smallest absolute Gasteiger partial charge is 0.162 e. The minimum atomic E-state index is 0.478. The van der Waals surface area contributed by atoms with Crippen LogP contribution in [0, 0.1) is 6.07 Å². The highest BCUT2D eigenvalue weighted by Gasteiger charge is 2.02. The molecule has 0 atom stereocenters. The Balaban J connectivity index is 2.04. The summed E-state index contributed by atoms with van der Waals surface area (Å²) in [6.07, 6.45) is 0. The predicted octanol–water partition coefficient (Wildman–Crippen LogP) is 3.73. The molecular weight excluding hydrogens is 236 g/mol. The lowest BCUT2D eigenvalue weighted by atomic mass is 10.2. The molecule has 1 radical (unpaired) electrons. The zero-order valence-corrected chi connectivity index (χ0v) is 10.2. The monoisotopic (exact) mass is 247 g/mol. The molecule has 0 bridgehead atoms. The molecule has 0 aromatic heterocycles. The summed E-state index contributed by atoms with van der Waals surface area (Å²) in [5.74, 6) is 1.39. The fourth-order valence-corrected chi connectivity index (χ4v) is 1.55. The van der Waals surface area contributed by atoms with Crippen molar-refractivity contribution in [3.8, 4) is 11.5 Å². The summed E-state index contributed by atoms with van der Waals surface area (Å²) < 4.78 is 10.8. The molecule has 2 aromatic rings. The lowest BCUT2D eigenvalue weighted by Gasteiger charge is -2.10. The Hall–Kier alpha value is -1.67. The normalized spacial score (nSPS) is 10.0. The maximum absolute atomic E-state index is 5.81. The third-order valence-corrected chi connectivity index (χ3v) is 2.57. The van der Waals surface area contributed by atoms with E-state index >= 15 is 0 Å². The molecule has 0 aliphatic heterocycles. The summed E-state index contributed by atoms with van der Waals surface area (Å²) in [5, 5.41) is 0.722. The third kappa shape index (κ3) is 3.14. The molecule has 0 heterocycles. The fourth-order valence-electron chi connectivity index (χ4n) is 1.42. The number of halogens is 1. The van der Waals surface area contributed by atoms with Crippen LogP contribution >= 0.6 is 11.6 Å². The summed E-state index contributed by atoms with van der Waals surface area (Å²) in [7, 11) is 1.62. The van der Waals surface area contributed by atoms with Crippen molar-refractivity contribution in [3.05, 3.63) is 59.1 Å². The van der Waals surface area contributed by atoms with E-state index in [2.05, 4.69) is 6.07 Å². The van der Waals surface area contributed by atoms with Crippen molar-refractivity contribution in [2.45, 2.75) is 6.61 Å². The lowest BCUT2D eigenvalue weighted by molar-refractivity contribution is 0.284. The Morgan fingerprint density at radius 1 is 1.12 bits per heavy atom. The number of methoxy groups -OCH3 is 1. The summed E-state index contributed by atoms with van der Waals surface area (Å²) in [5.41, 5.74) is 1.06. The Morgan fingerprint density at radius 2 is 1.88 bits per heavy atom. The molecule has 87 valence electrons. The van der Waals surface area contributed by atoms with Crippen LogP contribution in [-0.4, -0.2) is 7.11 Å². The van der Waals surface area contributed by atoms with Crippen LogP contribution in [0.25, 0.3) is 0 Å². The summed E-state index contributed by atoms with van der Waals surface area (Å²) in [4.78, 5) is 0. The van der Waals surface area contributed by atoms with Crippen LogP contribution in [0.5, 0.6) is 11.5 Å². The predicted molar refractivity (Wildman–Crippen MR) is 67.6 cm³/mol. The molecule has 2 aromatic carbocycles. The van der Waals surface area contributed by atoms with Gasteiger partial charge in [-0.15, -0.1) is 0 Å². The molecule has 0 saturated heterocycles. The van der Waals surface area contributed by atoms with E-state index in [1.807, 2.05) is 30.3 Å². The molecule has 0 aliphatic carbocycles. The van der Waals surface area contributed by atoms with Gasteiger partial charge in [-0.05, 0) is 35.9 Å². The van der Waals surface area contributed by atoms with Gasteiger partial charge in [-0.2, -0.15) is 0 Å². The highest BCUT2D eigenvalue weighted by molar-refractivity contribution is 6.30. The molecule has 0 spiro atoms. The van der Waals surface area contributed by atoms with Crippen LogP contribution in [0.3, 0.4) is 0 Å². The zero-order chi connectivity index (χ0) is 12.1. The SMILES string of the molecule is COc1cc[c]cc1OCc1ccc(Cl)cc1. The van der Waals surface area contributed by atoms with Gasteiger partial charge in [0.1, 0.15) is 6.61 Å². The Morgan fingerprint density at radius 3 is 2.59 bits per heavy atom. The fraction of sp³-hybridized carbons (Fsp3) is 0.143. The van der Waals surface area contributed by atoms with Gasteiger partial charge in [0.2, 0.25) is 0 Å². The average molecular weight is 248 g/mol. The number of ether oxygens (including phenoxy) is 2. The second kappa shape index (κ2) is 5.60. The van der Waals surface area contributed by atoms with Gasteiger partial charge in [0, 0.05) is 5.02 Å². The van der Waals surface area contributed by atoms with E-state index in [4.69, 9.17) is 21.1 Å². The number of benzene rings is 2. The standard InChI is InChI=1S/C14H12ClO2/c1-16-13-4-2-3-5-14(13)17-10-11-6-8-12(15)9-7-11/h2,4-9H,10H2,1H3. The minimum absolute atomic E-state index is 0.478. The van der Waals surface area contributed by atoms with E-state index in [1.165, 1.54) is 0 Å². The van der Waals surface area contributed by atoms with Crippen LogP contribution in [0.1, 0.15) is 5.56 Å². The van der Waals surface area contributed by atoms with Crippen LogP contribution in [0.4, 0.5) is 0 Å². The molecule has 0 saturated carbocycles. The van der Waals surface area contributed by atoms with E-state index in [1.54, 1.807) is 19.2 Å². The van der Waals surface area contributed by atoms with E-state index in [-0.39, 0.29) is 0 Å². The average Bonchev–Trinajstić information content (AvgIpc) is 2.38. The first-order valence-corrected chi connectivity index (χ1v) is 5.59. The van der Waals surface area contributed by atoms with Crippen molar-refractivity contribution < 1.29 is 9.47 Å². The summed E-state index contributed by atoms with van der Waals surface area (Å²) >= 11 is 5.81. The van der Waals surface area contributed by atoms with E-state index in [0.29, 0.717) is 18.1 Å². The van der Waals surface area contributed by atoms with Gasteiger partial charge in [-0.1, -0.05) is 29.8 Å². The third-order valence-electron chi connectivity index (χ3n) is 2.32. The minimum Gasteiger partial charge on any atom is -0.493 e. The van der Waals surface area contributed by atoms with E-state index in [0.717, 1.165) is 10.6 Å². The zero-order valence-electron chi connectivity index (χ0n) is 9.44. The van der Waals surface area contributed by atoms with Gasteiger partial charge in [0.05, 0.1) is 7.11 Å². The second-order valence-electron chi connectivity index (χ2n) is 3.49. The number of hydrogen-bond acceptors (Lipinski definition) is 2. The molecule has 0 unspecified atom stereocenters. The largest absolute Gasteiger partial charge is 0.493 e. The van der Waals surface area contributed by atoms with E-state index < -0.39 is 0 Å². The van der Waals surface area contributed by atoms with Crippen molar-refractivity contribution in [3.63, 3.8) is 0 Å². The summed E-state index contributed by atoms with van der Waals surface area (Å²) in [6.45, 7) is 0.478. The van der Waals surface area contributed by atoms with Gasteiger partial charge in [0.25, 0.3) is 0 Å². The molecule has 0 fully saturated rings. The molecule has 3 heteroatoms. The first-order chi connectivity index (χ1) is 8.29. The van der Waals surface area contributed by atoms with E-state index in [9.17, 15) is 0 Å². The maximum Gasteiger partial charge on any atom is 0.162 e. The Bertz CT molecular complexity index is 480. The quantitative estimate of drug-likeness (QED) is 0.820. The second-order valence-corrected chi connectivity index (χ2v) is 3.93. The van der Waals surface area contributed by atoms with Crippen molar-refractivity contribution >= 4 is 11.6 Å². The molecular formula is C14H12ClO2. The van der Waals surface area contributed by atoms with Crippen molar-refractivity contribution in [1.29, 1.82) is 0 Å². The topological polar surface area (TPSA) is 18.5 Å². The molecule has 0 amide bonds. The molecule has 17 heavy (non-hydrogen) atoms. The maximum atomic E-state index is 5.81. The van der Waals surface area contributed by atoms with Crippen LogP contribution in [0.15, 0.2) is 42.5 Å². The van der Waals surface area contributed by atoms with Crippen molar-refractivity contribution in [1.82, 2.24) is 0 Å². The van der Waals surface area contributed by atoms with Gasteiger partial charge in [0.15, 0.2) is 11.5 Å². The first kappa shape index (κ1) is 11.8. The van der Waals surface area contributed by atoms with Gasteiger partial charge in [-0.3, -0.25) is 0 Å². The summed E-state index contributed by atoms with van der Waals surface area (Å²) in [6, 6.07) is 15.9. The van der Waals surface area contributed by atoms with Gasteiger partial charge >= 0.3 is 0 Å². The van der Waals surface area contributed by atoms with Crippen LogP contribution < -0.4 is 9.47 Å². The molecule has 2 rings (SSSR count). The number of hydrogen-bond donors (Lipinski definition) is 0. The Kier molecular flexibility index (Phi) is 3.89. The van der Waals surface area contributed by atoms with Gasteiger partial charge < -0.3 is 9.47 Å². The molecule has 2 nitrogen and oxygen atoms in total. The first-order valence-electron chi connectivity index (χ1n) is 5.21. The van der Waals surface area contributed by atoms with Gasteiger partial charge in [-0.25, -0.2) is 0 Å². The molecule has 0 aliphatic rings. The molecule has 0 N–H and O–H groups in total. The highest BCUT2D eigenvalue weighted by Crippen LogP contribution is 2.26.